The van der Waals surface area contributed by atoms with Crippen LogP contribution in [0.1, 0.15) is 43.5 Å². The molecule has 0 amide bonds. The molecule has 0 aromatic heterocycles. The number of hydrogen-bond donors (Lipinski definition) is 0. The minimum absolute atomic E-state index is 0. The SMILES string of the molecule is FC(F)(F)c1cccc([C](c2cccc(C(F)(F)F)c2)=[Hf+2]([C]2=CC=CC2)[CH]2c3ccccc3-c3c2c2ccccc2c2ccccc32)c1.[Cl-].[Cl-]. The van der Waals surface area contributed by atoms with Crippen LogP contribution in [0.15, 0.2) is 143 Å². The molecule has 0 bridgehead atoms. The third kappa shape index (κ3) is 6.12. The Morgan fingerprint density at radius 2 is 1.10 bits per heavy atom. The zero-order valence-electron chi connectivity index (χ0n) is 26.1. The van der Waals surface area contributed by atoms with Gasteiger partial charge in [-0.05, 0) is 0 Å². The molecule has 2 aliphatic carbocycles. The van der Waals surface area contributed by atoms with E-state index in [4.69, 9.17) is 0 Å². The normalized spacial score (nSPS) is 14.7. The maximum Gasteiger partial charge on any atom is -1.00 e. The summed E-state index contributed by atoms with van der Waals surface area (Å²) < 4.78 is 86.8. The van der Waals surface area contributed by atoms with Gasteiger partial charge in [-0.3, -0.25) is 0 Å². The van der Waals surface area contributed by atoms with Gasteiger partial charge >= 0.3 is 282 Å². The van der Waals surface area contributed by atoms with Crippen LogP contribution in [-0.2, 0) is 33.3 Å². The van der Waals surface area contributed by atoms with Gasteiger partial charge in [0.2, 0.25) is 0 Å². The number of halogens is 8. The first-order chi connectivity index (χ1) is 23.1. The van der Waals surface area contributed by atoms with Crippen molar-refractivity contribution in [2.75, 3.05) is 0 Å². The van der Waals surface area contributed by atoms with Crippen LogP contribution in [0.3, 0.4) is 0 Å². The molecule has 0 N–H and O–H groups in total. The standard InChI is InChI=1S/C21H13.C15H8F6.C5H5.2ClH.Hf/c1-2-8-15-14(7-1)13-20-18-11-4-3-9-16(18)17-10-5-6-12-19(17)21(15)20;16-14(17,18)12-5-1-3-10(8-12)7-11-4-2-6-13(9-11)15(19,20)21;1-2-4-5-3-1;;;/h1-13H;1-6,8-9H;1-3H,4H2;2*1H;/q;;;;;+2/p-2. The van der Waals surface area contributed by atoms with Crippen LogP contribution in [0.5, 0.6) is 0 Å². The van der Waals surface area contributed by atoms with Crippen LogP contribution < -0.4 is 24.8 Å². The molecule has 50 heavy (non-hydrogen) atoms. The van der Waals surface area contributed by atoms with Gasteiger partial charge in [-0.15, -0.1) is 0 Å². The second-order valence-electron chi connectivity index (χ2n) is 12.2. The van der Waals surface area contributed by atoms with Crippen molar-refractivity contribution in [2.45, 2.75) is 22.4 Å². The van der Waals surface area contributed by atoms with Crippen LogP contribution in [0.25, 0.3) is 32.7 Å². The van der Waals surface area contributed by atoms with Crippen LogP contribution in [0, 0.1) is 0 Å². The number of allylic oxidation sites excluding steroid dienone is 4. The van der Waals surface area contributed by atoms with Gasteiger partial charge in [0.05, 0.1) is 0 Å². The van der Waals surface area contributed by atoms with Crippen molar-refractivity contribution in [3.8, 4) is 11.1 Å². The van der Waals surface area contributed by atoms with E-state index in [2.05, 4.69) is 42.5 Å². The first-order valence-corrected chi connectivity index (χ1v) is 21.3. The smallest absolute Gasteiger partial charge is 1.00 e. The summed E-state index contributed by atoms with van der Waals surface area (Å²) in [4.78, 5) is 0. The summed E-state index contributed by atoms with van der Waals surface area (Å²) in [5, 5.41) is 4.34. The van der Waals surface area contributed by atoms with Crippen LogP contribution in [0.2, 0.25) is 0 Å². The van der Waals surface area contributed by atoms with E-state index in [0.717, 1.165) is 71.4 Å². The Labute approximate surface area is 305 Å². The fourth-order valence-corrected chi connectivity index (χ4v) is 20.7. The molecule has 0 aliphatic heterocycles. The number of hydrogen-bond acceptors (Lipinski definition) is 0. The van der Waals surface area contributed by atoms with E-state index in [1.54, 1.807) is 12.1 Å². The number of benzene rings is 6. The van der Waals surface area contributed by atoms with Gasteiger partial charge < -0.3 is 24.8 Å². The summed E-state index contributed by atoms with van der Waals surface area (Å²) in [5.74, 6) is 0. The molecule has 0 heterocycles. The first-order valence-electron chi connectivity index (χ1n) is 15.6. The molecule has 0 saturated heterocycles. The molecule has 9 heteroatoms. The number of rotatable bonds is 4. The maximum atomic E-state index is 14.2. The first kappa shape index (κ1) is 36.0. The van der Waals surface area contributed by atoms with Crippen molar-refractivity contribution in [3.05, 3.63) is 176 Å². The second-order valence-corrected chi connectivity index (χ2v) is 21.3. The van der Waals surface area contributed by atoms with Gasteiger partial charge in [0.25, 0.3) is 0 Å². The summed E-state index contributed by atoms with van der Waals surface area (Å²) >= 11 is -3.88. The topological polar surface area (TPSA) is 0 Å². The summed E-state index contributed by atoms with van der Waals surface area (Å²) in [6, 6.07) is 35.0. The summed E-state index contributed by atoms with van der Waals surface area (Å²) in [7, 11) is 0. The molecular formula is C41H26Cl2F6Hf. The second kappa shape index (κ2) is 13.7. The van der Waals surface area contributed by atoms with Crippen molar-refractivity contribution in [2.24, 2.45) is 0 Å². The van der Waals surface area contributed by atoms with Crippen molar-refractivity contribution >= 4 is 24.8 Å². The van der Waals surface area contributed by atoms with Crippen molar-refractivity contribution in [1.82, 2.24) is 0 Å². The Kier molecular flexibility index (Phi) is 9.90. The van der Waals surface area contributed by atoms with Crippen molar-refractivity contribution < 1.29 is 72.1 Å². The Morgan fingerprint density at radius 1 is 0.580 bits per heavy atom. The van der Waals surface area contributed by atoms with E-state index in [1.807, 2.05) is 48.6 Å². The monoisotopic (exact) mass is 882 g/mol. The van der Waals surface area contributed by atoms with Gasteiger partial charge in [0.15, 0.2) is 0 Å². The van der Waals surface area contributed by atoms with Crippen LogP contribution in [-0.4, -0.2) is 3.26 Å². The molecule has 0 radical (unpaired) electrons. The molecule has 6 aromatic rings. The van der Waals surface area contributed by atoms with E-state index in [-0.39, 0.29) is 28.5 Å². The average molecular weight is 882 g/mol. The van der Waals surface area contributed by atoms with E-state index >= 15 is 0 Å². The molecule has 1 unspecified atom stereocenters. The molecule has 6 aromatic carbocycles. The zero-order valence-corrected chi connectivity index (χ0v) is 31.2. The molecule has 8 rings (SSSR count). The Hall–Kier alpha value is -3.78. The van der Waals surface area contributed by atoms with Crippen molar-refractivity contribution in [1.29, 1.82) is 0 Å². The zero-order chi connectivity index (χ0) is 33.2. The Bertz CT molecular complexity index is 2310. The van der Waals surface area contributed by atoms with E-state index in [0.29, 0.717) is 20.8 Å². The minimum Gasteiger partial charge on any atom is -1.00 e. The predicted octanol–water partition coefficient (Wildman–Crippen LogP) is 5.84. The average Bonchev–Trinajstić information content (AvgIpc) is 3.74. The fourth-order valence-electron chi connectivity index (χ4n) is 7.51. The molecule has 0 saturated carbocycles. The van der Waals surface area contributed by atoms with E-state index in [9.17, 15) is 26.3 Å². The molecule has 0 spiro atoms. The molecular weight excluding hydrogens is 856 g/mol. The van der Waals surface area contributed by atoms with Gasteiger partial charge in [-0.25, -0.2) is 0 Å². The third-order valence-electron chi connectivity index (χ3n) is 9.44. The predicted molar refractivity (Wildman–Crippen MR) is 177 cm³/mol. The summed E-state index contributed by atoms with van der Waals surface area (Å²) in [5.41, 5.74) is 3.39. The minimum atomic E-state index is -4.61. The molecule has 0 fully saturated rings. The van der Waals surface area contributed by atoms with Gasteiger partial charge in [0.1, 0.15) is 0 Å². The Balaban J connectivity index is 0.00000216. The number of fused-ring (bicyclic) bond motifs is 8. The van der Waals surface area contributed by atoms with Crippen molar-refractivity contribution in [3.63, 3.8) is 0 Å². The van der Waals surface area contributed by atoms with E-state index < -0.39 is 44.4 Å². The van der Waals surface area contributed by atoms with Gasteiger partial charge in [-0.1, -0.05) is 0 Å². The number of alkyl halides is 6. The van der Waals surface area contributed by atoms with Crippen LogP contribution >= 0.6 is 0 Å². The third-order valence-corrected chi connectivity index (χ3v) is 21.5. The molecule has 0 nitrogen and oxygen atoms in total. The maximum absolute atomic E-state index is 14.2. The summed E-state index contributed by atoms with van der Waals surface area (Å²) in [6.45, 7) is 0. The van der Waals surface area contributed by atoms with Crippen LogP contribution in [0.4, 0.5) is 26.3 Å². The Morgan fingerprint density at radius 3 is 1.66 bits per heavy atom. The summed E-state index contributed by atoms with van der Waals surface area (Å²) in [6.07, 6.45) is -2.55. The molecule has 2 aliphatic rings. The largest absolute Gasteiger partial charge is 1.00 e. The molecule has 1 atom stereocenters. The van der Waals surface area contributed by atoms with E-state index in [1.165, 1.54) is 12.1 Å². The van der Waals surface area contributed by atoms with Gasteiger partial charge in [-0.2, -0.15) is 0 Å². The van der Waals surface area contributed by atoms with Gasteiger partial charge in [0, 0.05) is 0 Å². The fraction of sp³-hybridized carbons (Fsp3) is 0.0976. The quantitative estimate of drug-likeness (QED) is 0.119. The molecule has 250 valence electrons.